The van der Waals surface area contributed by atoms with Crippen molar-refractivity contribution in [3.63, 3.8) is 0 Å². The van der Waals surface area contributed by atoms with E-state index in [1.54, 1.807) is 18.2 Å². The van der Waals surface area contributed by atoms with Crippen molar-refractivity contribution < 1.29 is 17.4 Å². The summed E-state index contributed by atoms with van der Waals surface area (Å²) in [4.78, 5) is 4.32. The van der Waals surface area contributed by atoms with Gasteiger partial charge in [0, 0.05) is 19.0 Å². The molecule has 3 aromatic rings. The third-order valence-electron chi connectivity index (χ3n) is 3.83. The van der Waals surface area contributed by atoms with Gasteiger partial charge < -0.3 is 8.94 Å². The molecule has 1 aliphatic heterocycles. The molecule has 0 aromatic carbocycles. The normalized spacial score (nSPS) is 19.1. The Hall–Kier alpha value is -1.68. The number of thiophene rings is 1. The Kier molecular flexibility index (Phi) is 3.95. The molecule has 0 aliphatic carbocycles. The predicted molar refractivity (Wildman–Crippen MR) is 87.4 cm³/mol. The summed E-state index contributed by atoms with van der Waals surface area (Å²) in [5, 5.41) is 3.96. The van der Waals surface area contributed by atoms with Gasteiger partial charge in [-0.3, -0.25) is 0 Å². The Morgan fingerprint density at radius 2 is 2.21 bits per heavy atom. The fraction of sp³-hybridized carbons (Fsp3) is 0.286. The van der Waals surface area contributed by atoms with E-state index < -0.39 is 10.0 Å². The Balaban J connectivity index is 1.53. The van der Waals surface area contributed by atoms with Gasteiger partial charge in [-0.2, -0.15) is 9.29 Å². The molecule has 0 N–H and O–H groups in total. The number of sulfonamides is 1. The van der Waals surface area contributed by atoms with Crippen molar-refractivity contribution >= 4 is 33.0 Å². The number of nitrogens with zero attached hydrogens (tertiary/aromatic N) is 3. The van der Waals surface area contributed by atoms with Crippen LogP contribution >= 0.6 is 22.9 Å². The number of aromatic nitrogens is 2. The minimum Gasteiger partial charge on any atom is -0.459 e. The zero-order valence-electron chi connectivity index (χ0n) is 12.3. The summed E-state index contributed by atoms with van der Waals surface area (Å²) >= 11 is 6.90. The van der Waals surface area contributed by atoms with Crippen LogP contribution < -0.4 is 0 Å². The molecular weight excluding hydrogens is 374 g/mol. The highest BCUT2D eigenvalue weighted by atomic mass is 35.5. The van der Waals surface area contributed by atoms with Crippen molar-refractivity contribution in [3.8, 4) is 11.7 Å². The van der Waals surface area contributed by atoms with Crippen molar-refractivity contribution in [3.05, 3.63) is 40.7 Å². The highest BCUT2D eigenvalue weighted by Gasteiger charge is 2.36. The van der Waals surface area contributed by atoms with Crippen LogP contribution in [0.2, 0.25) is 4.34 Å². The molecular formula is C14H12ClN3O4S2. The summed E-state index contributed by atoms with van der Waals surface area (Å²) < 4.78 is 37.8. The monoisotopic (exact) mass is 385 g/mol. The van der Waals surface area contributed by atoms with Gasteiger partial charge in [-0.15, -0.1) is 11.3 Å². The molecule has 1 atom stereocenters. The molecule has 1 fully saturated rings. The van der Waals surface area contributed by atoms with Crippen molar-refractivity contribution in [2.24, 2.45) is 0 Å². The molecule has 4 rings (SSSR count). The topological polar surface area (TPSA) is 89.4 Å². The number of rotatable bonds is 4. The number of hydrogen-bond donors (Lipinski definition) is 0. The van der Waals surface area contributed by atoms with E-state index in [9.17, 15) is 8.42 Å². The summed E-state index contributed by atoms with van der Waals surface area (Å²) in [5.41, 5.74) is 0. The van der Waals surface area contributed by atoms with Crippen molar-refractivity contribution in [2.45, 2.75) is 16.5 Å². The van der Waals surface area contributed by atoms with E-state index in [0.717, 1.165) is 11.3 Å². The first-order chi connectivity index (χ1) is 11.5. The first kappa shape index (κ1) is 15.8. The lowest BCUT2D eigenvalue weighted by Crippen LogP contribution is -2.28. The minimum absolute atomic E-state index is 0.109. The highest BCUT2D eigenvalue weighted by Crippen LogP contribution is 2.34. The second-order valence-electron chi connectivity index (χ2n) is 5.34. The summed E-state index contributed by atoms with van der Waals surface area (Å²) in [6.45, 7) is 0.724. The Labute approximate surface area is 146 Å². The molecule has 4 heterocycles. The molecule has 10 heteroatoms. The molecule has 0 saturated carbocycles. The molecule has 7 nitrogen and oxygen atoms in total. The predicted octanol–water partition coefficient (Wildman–Crippen LogP) is 3.22. The standard InChI is InChI=1S/C14H12ClN3O4S2/c15-11-3-4-12(23-11)24(19,20)18-6-5-9(8-18)13-16-14(22-17-13)10-2-1-7-21-10/h1-4,7,9H,5-6,8H2. The van der Waals surface area contributed by atoms with Crippen LogP contribution in [-0.4, -0.2) is 36.0 Å². The van der Waals surface area contributed by atoms with Crippen LogP contribution in [0.25, 0.3) is 11.7 Å². The highest BCUT2D eigenvalue weighted by molar-refractivity contribution is 7.91. The average Bonchev–Trinajstić information content (AvgIpc) is 3.32. The van der Waals surface area contributed by atoms with Crippen LogP contribution in [0.4, 0.5) is 0 Å². The quantitative estimate of drug-likeness (QED) is 0.685. The van der Waals surface area contributed by atoms with E-state index in [0.29, 0.717) is 41.3 Å². The zero-order chi connectivity index (χ0) is 16.7. The van der Waals surface area contributed by atoms with Crippen LogP contribution in [0.5, 0.6) is 0 Å². The molecule has 1 saturated heterocycles. The first-order valence-corrected chi connectivity index (χ1v) is 9.80. The maximum atomic E-state index is 12.6. The first-order valence-electron chi connectivity index (χ1n) is 7.17. The van der Waals surface area contributed by atoms with Gasteiger partial charge in [0.2, 0.25) is 0 Å². The molecule has 126 valence electrons. The van der Waals surface area contributed by atoms with Crippen LogP contribution in [0.1, 0.15) is 18.2 Å². The van der Waals surface area contributed by atoms with Crippen molar-refractivity contribution in [2.75, 3.05) is 13.1 Å². The van der Waals surface area contributed by atoms with Gasteiger partial charge in [0.15, 0.2) is 11.6 Å². The van der Waals surface area contributed by atoms with E-state index in [4.69, 9.17) is 20.5 Å². The van der Waals surface area contributed by atoms with Crippen LogP contribution in [0.3, 0.4) is 0 Å². The maximum absolute atomic E-state index is 12.6. The molecule has 24 heavy (non-hydrogen) atoms. The number of furan rings is 1. The van der Waals surface area contributed by atoms with Crippen LogP contribution in [0, 0.1) is 0 Å². The molecule has 1 unspecified atom stereocenters. The largest absolute Gasteiger partial charge is 0.459 e. The maximum Gasteiger partial charge on any atom is 0.293 e. The van der Waals surface area contributed by atoms with E-state index in [-0.39, 0.29) is 10.1 Å². The van der Waals surface area contributed by atoms with Crippen molar-refractivity contribution in [1.82, 2.24) is 14.4 Å². The third kappa shape index (κ3) is 2.77. The van der Waals surface area contributed by atoms with Crippen LogP contribution in [-0.2, 0) is 10.0 Å². The van der Waals surface area contributed by atoms with Gasteiger partial charge in [-0.05, 0) is 30.7 Å². The van der Waals surface area contributed by atoms with Gasteiger partial charge in [0.25, 0.3) is 15.9 Å². The fourth-order valence-corrected chi connectivity index (χ4v) is 5.76. The zero-order valence-corrected chi connectivity index (χ0v) is 14.6. The van der Waals surface area contributed by atoms with Gasteiger partial charge in [-0.1, -0.05) is 16.8 Å². The van der Waals surface area contributed by atoms with E-state index in [1.165, 1.54) is 16.6 Å². The lowest BCUT2D eigenvalue weighted by atomic mass is 10.1. The Morgan fingerprint density at radius 3 is 2.92 bits per heavy atom. The third-order valence-corrected chi connectivity index (χ3v) is 7.40. The van der Waals surface area contributed by atoms with Gasteiger partial charge in [-0.25, -0.2) is 8.42 Å². The Morgan fingerprint density at radius 1 is 1.33 bits per heavy atom. The molecule has 0 amide bonds. The smallest absolute Gasteiger partial charge is 0.293 e. The fourth-order valence-electron chi connectivity index (χ4n) is 2.62. The SMILES string of the molecule is O=S(=O)(c1ccc(Cl)s1)N1CCC(c2noc(-c3ccco3)n2)C1. The van der Waals surface area contributed by atoms with Crippen LogP contribution in [0.15, 0.2) is 43.7 Å². The summed E-state index contributed by atoms with van der Waals surface area (Å²) in [6.07, 6.45) is 2.16. The lowest BCUT2D eigenvalue weighted by molar-refractivity contribution is 0.403. The summed E-state index contributed by atoms with van der Waals surface area (Å²) in [5.74, 6) is 1.16. The Bertz CT molecular complexity index is 949. The summed E-state index contributed by atoms with van der Waals surface area (Å²) in [6, 6.07) is 6.57. The van der Waals surface area contributed by atoms with Crippen molar-refractivity contribution in [1.29, 1.82) is 0 Å². The molecule has 0 spiro atoms. The molecule has 0 bridgehead atoms. The average molecular weight is 386 g/mol. The lowest BCUT2D eigenvalue weighted by Gasteiger charge is -2.14. The second-order valence-corrected chi connectivity index (χ2v) is 9.22. The summed E-state index contributed by atoms with van der Waals surface area (Å²) in [7, 11) is -3.53. The second kappa shape index (κ2) is 5.99. The van der Waals surface area contributed by atoms with Gasteiger partial charge in [0.1, 0.15) is 4.21 Å². The minimum atomic E-state index is -3.53. The molecule has 0 radical (unpaired) electrons. The number of halogens is 1. The molecule has 3 aromatic heterocycles. The van der Waals surface area contributed by atoms with Gasteiger partial charge >= 0.3 is 0 Å². The van der Waals surface area contributed by atoms with E-state index in [1.807, 2.05) is 0 Å². The van der Waals surface area contributed by atoms with E-state index in [2.05, 4.69) is 10.1 Å². The van der Waals surface area contributed by atoms with E-state index >= 15 is 0 Å². The van der Waals surface area contributed by atoms with Gasteiger partial charge in [0.05, 0.1) is 10.6 Å². The number of hydrogen-bond acceptors (Lipinski definition) is 7. The molecule has 1 aliphatic rings.